The summed E-state index contributed by atoms with van der Waals surface area (Å²) in [6.07, 6.45) is 9.35. The van der Waals surface area contributed by atoms with Gasteiger partial charge >= 0.3 is 0 Å². The molecule has 3 rings (SSSR count). The molecule has 1 heterocycles. The lowest BCUT2D eigenvalue weighted by Crippen LogP contribution is -2.46. The normalized spacial score (nSPS) is 15.9. The summed E-state index contributed by atoms with van der Waals surface area (Å²) in [4.78, 5) is 15.5. The molecule has 0 aromatic heterocycles. The number of fused-ring (bicyclic) bond motifs is 1. The lowest BCUT2D eigenvalue weighted by Gasteiger charge is -2.40. The maximum absolute atomic E-state index is 12.4. The van der Waals surface area contributed by atoms with Crippen LogP contribution in [-0.4, -0.2) is 65.1 Å². The zero-order chi connectivity index (χ0) is 22.9. The third-order valence-electron chi connectivity index (χ3n) is 6.10. The van der Waals surface area contributed by atoms with Gasteiger partial charge in [0.1, 0.15) is 0 Å². The van der Waals surface area contributed by atoms with Crippen LogP contribution in [0.1, 0.15) is 31.4 Å². The summed E-state index contributed by atoms with van der Waals surface area (Å²) < 4.78 is 2.20. The van der Waals surface area contributed by atoms with E-state index in [4.69, 9.17) is 18.6 Å². The minimum atomic E-state index is -0.0178. The van der Waals surface area contributed by atoms with Gasteiger partial charge in [0.05, 0.1) is 24.6 Å². The lowest BCUT2D eigenvalue weighted by molar-refractivity contribution is -0.121. The maximum Gasteiger partial charge on any atom is 0.235 e. The Balaban J connectivity index is 1.52. The maximum atomic E-state index is 12.4. The Morgan fingerprint density at radius 1 is 1.25 bits per heavy atom. The quantitative estimate of drug-likeness (QED) is 0.333. The molecular formula is C25H32N4OS2. The highest BCUT2D eigenvalue weighted by atomic mass is 32.2. The molecule has 1 unspecified atom stereocenters. The average Bonchev–Trinajstić information content (AvgIpc) is 2.84. The zero-order valence-corrected chi connectivity index (χ0v) is 20.5. The first-order valence-corrected chi connectivity index (χ1v) is 12.6. The summed E-state index contributed by atoms with van der Waals surface area (Å²) in [5.41, 5.74) is 1.39. The number of nitrogens with one attached hydrogen (secondary N) is 2. The summed E-state index contributed by atoms with van der Waals surface area (Å²) in [5, 5.41) is 8.43. The van der Waals surface area contributed by atoms with Crippen LogP contribution in [-0.2, 0) is 4.79 Å². The summed E-state index contributed by atoms with van der Waals surface area (Å²) in [5.74, 6) is 2.46. The van der Waals surface area contributed by atoms with E-state index in [-0.39, 0.29) is 5.91 Å². The zero-order valence-electron chi connectivity index (χ0n) is 18.8. The number of hydrogen-bond donors (Lipinski definition) is 2. The number of piperidine rings is 1. The Kier molecular flexibility index (Phi) is 9.36. The van der Waals surface area contributed by atoms with Crippen LogP contribution < -0.4 is 10.6 Å². The van der Waals surface area contributed by atoms with E-state index in [0.29, 0.717) is 36.7 Å². The van der Waals surface area contributed by atoms with Crippen molar-refractivity contribution in [1.82, 2.24) is 19.8 Å². The second-order valence-electron chi connectivity index (χ2n) is 8.03. The Labute approximate surface area is 201 Å². The van der Waals surface area contributed by atoms with Gasteiger partial charge in [-0.1, -0.05) is 72.6 Å². The summed E-state index contributed by atoms with van der Waals surface area (Å²) in [7, 11) is 0. The molecule has 32 heavy (non-hydrogen) atoms. The fraction of sp³-hybridized carbons (Fsp3) is 0.440. The van der Waals surface area contributed by atoms with Gasteiger partial charge in [0, 0.05) is 25.2 Å². The smallest absolute Gasteiger partial charge is 0.235 e. The van der Waals surface area contributed by atoms with Gasteiger partial charge in [0.15, 0.2) is 0 Å². The van der Waals surface area contributed by atoms with Crippen LogP contribution in [0.25, 0.3) is 10.8 Å². The number of nitrogens with zero attached hydrogens (tertiary/aromatic N) is 2. The Morgan fingerprint density at radius 2 is 1.97 bits per heavy atom. The predicted molar refractivity (Wildman–Crippen MR) is 140 cm³/mol. The monoisotopic (exact) mass is 468 g/mol. The molecule has 0 bridgehead atoms. The van der Waals surface area contributed by atoms with Crippen LogP contribution in [0.15, 0.2) is 42.5 Å². The molecule has 0 aliphatic carbocycles. The molecule has 7 heteroatoms. The van der Waals surface area contributed by atoms with Crippen LogP contribution in [0.3, 0.4) is 0 Å². The molecule has 2 N–H and O–H groups in total. The predicted octanol–water partition coefficient (Wildman–Crippen LogP) is 3.61. The van der Waals surface area contributed by atoms with E-state index in [0.717, 1.165) is 25.9 Å². The largest absolute Gasteiger partial charge is 0.367 e. The molecule has 170 valence electrons. The molecule has 2 aromatic rings. The molecule has 1 fully saturated rings. The Morgan fingerprint density at radius 3 is 2.69 bits per heavy atom. The minimum absolute atomic E-state index is 0.0178. The third-order valence-corrected chi connectivity index (χ3v) is 7.28. The van der Waals surface area contributed by atoms with Crippen molar-refractivity contribution >= 4 is 45.8 Å². The van der Waals surface area contributed by atoms with Gasteiger partial charge < -0.3 is 10.6 Å². The summed E-state index contributed by atoms with van der Waals surface area (Å²) in [6.45, 7) is 5.41. The number of terminal acetylenes is 1. The molecule has 5 nitrogen and oxygen atoms in total. The first-order valence-electron chi connectivity index (χ1n) is 11.0. The van der Waals surface area contributed by atoms with E-state index < -0.39 is 0 Å². The van der Waals surface area contributed by atoms with Crippen molar-refractivity contribution in [3.05, 3.63) is 48.0 Å². The van der Waals surface area contributed by atoms with Crippen LogP contribution in [0.2, 0.25) is 0 Å². The Hall–Kier alpha value is -2.11. The SMILES string of the molecule is C#CCNC(=S)CNC(=O)CN(SC)C1CCN(C(C)c2cccc3ccccc23)CC1. The second kappa shape index (κ2) is 12.2. The van der Waals surface area contributed by atoms with Gasteiger partial charge in [0.2, 0.25) is 5.91 Å². The van der Waals surface area contributed by atoms with E-state index >= 15 is 0 Å². The standard InChI is InChI=1S/C25H32N4OS2/c1-4-14-26-25(31)17-27-24(30)18-29(32-3)21-12-15-28(16-13-21)19(2)22-11-7-9-20-8-5-6-10-23(20)22/h1,5-11,19,21H,12-18H2,2-3H3,(H,26,31)(H,27,30). The van der Waals surface area contributed by atoms with Gasteiger partial charge in [0.25, 0.3) is 0 Å². The first-order chi connectivity index (χ1) is 15.5. The van der Waals surface area contributed by atoms with E-state index in [9.17, 15) is 4.79 Å². The van der Waals surface area contributed by atoms with E-state index in [2.05, 4.69) is 75.1 Å². The Bertz CT molecular complexity index is 961. The number of carbonyl (C=O) groups is 1. The van der Waals surface area contributed by atoms with Crippen LogP contribution >= 0.6 is 24.2 Å². The molecule has 0 spiro atoms. The fourth-order valence-electron chi connectivity index (χ4n) is 4.30. The van der Waals surface area contributed by atoms with Gasteiger partial charge in [-0.15, -0.1) is 6.42 Å². The van der Waals surface area contributed by atoms with Crippen LogP contribution in [0.5, 0.6) is 0 Å². The number of thiocarbonyl (C=S) groups is 1. The number of rotatable bonds is 9. The van der Waals surface area contributed by atoms with Gasteiger partial charge in [-0.3, -0.25) is 9.69 Å². The van der Waals surface area contributed by atoms with Gasteiger partial charge in [-0.2, -0.15) is 0 Å². The van der Waals surface area contributed by atoms with E-state index in [1.54, 1.807) is 11.9 Å². The fourth-order valence-corrected chi connectivity index (χ4v) is 5.20. The molecule has 1 atom stereocenters. The van der Waals surface area contributed by atoms with Crippen molar-refractivity contribution in [2.45, 2.75) is 31.8 Å². The number of carbonyl (C=O) groups excluding carboxylic acids is 1. The van der Waals surface area contributed by atoms with Crippen molar-refractivity contribution in [3.63, 3.8) is 0 Å². The second-order valence-corrected chi connectivity index (χ2v) is 9.35. The summed E-state index contributed by atoms with van der Waals surface area (Å²) in [6, 6.07) is 15.9. The number of benzene rings is 2. The highest BCUT2D eigenvalue weighted by Gasteiger charge is 2.28. The molecule has 1 amide bonds. The minimum Gasteiger partial charge on any atom is -0.367 e. The van der Waals surface area contributed by atoms with Crippen molar-refractivity contribution in [1.29, 1.82) is 0 Å². The highest BCUT2D eigenvalue weighted by molar-refractivity contribution is 7.96. The number of hydrogen-bond acceptors (Lipinski definition) is 5. The number of likely N-dealkylation sites (tertiary alicyclic amines) is 1. The molecule has 1 saturated heterocycles. The molecule has 0 radical (unpaired) electrons. The average molecular weight is 469 g/mol. The van der Waals surface area contributed by atoms with Crippen LogP contribution in [0, 0.1) is 12.3 Å². The first kappa shape index (κ1) is 24.5. The van der Waals surface area contributed by atoms with Crippen molar-refractivity contribution < 1.29 is 4.79 Å². The van der Waals surface area contributed by atoms with Gasteiger partial charge in [-0.25, -0.2) is 4.31 Å². The van der Waals surface area contributed by atoms with Crippen molar-refractivity contribution in [2.24, 2.45) is 0 Å². The summed E-state index contributed by atoms with van der Waals surface area (Å²) >= 11 is 6.81. The molecule has 1 aliphatic rings. The number of amides is 1. The highest BCUT2D eigenvalue weighted by Crippen LogP contribution is 2.31. The van der Waals surface area contributed by atoms with Gasteiger partial charge in [-0.05, 0) is 42.4 Å². The topological polar surface area (TPSA) is 47.6 Å². The molecule has 1 aliphatic heterocycles. The molecular weight excluding hydrogens is 436 g/mol. The van der Waals surface area contributed by atoms with E-state index in [1.807, 2.05) is 6.26 Å². The van der Waals surface area contributed by atoms with Crippen molar-refractivity contribution in [3.8, 4) is 12.3 Å². The van der Waals surface area contributed by atoms with E-state index in [1.165, 1.54) is 16.3 Å². The van der Waals surface area contributed by atoms with Crippen LogP contribution in [0.4, 0.5) is 0 Å². The third kappa shape index (κ3) is 6.46. The molecule has 2 aromatic carbocycles. The van der Waals surface area contributed by atoms with Crippen molar-refractivity contribution in [2.75, 3.05) is 39.0 Å². The lowest BCUT2D eigenvalue weighted by atomic mass is 9.96. The molecule has 0 saturated carbocycles.